The predicted octanol–water partition coefficient (Wildman–Crippen LogP) is 2.45. The lowest BCUT2D eigenvalue weighted by molar-refractivity contribution is -0.00905. The summed E-state index contributed by atoms with van der Waals surface area (Å²) in [6.45, 7) is 2.24. The highest BCUT2D eigenvalue weighted by Crippen LogP contribution is 2.33. The van der Waals surface area contributed by atoms with Crippen LogP contribution in [0, 0.1) is 0 Å². The highest BCUT2D eigenvalue weighted by molar-refractivity contribution is 9.10. The fraction of sp³-hybridized carbons (Fsp3) is 0.643. The van der Waals surface area contributed by atoms with Crippen molar-refractivity contribution in [1.82, 2.24) is 4.98 Å². The molecule has 2 unspecified atom stereocenters. The van der Waals surface area contributed by atoms with E-state index in [0.29, 0.717) is 18.7 Å². The van der Waals surface area contributed by atoms with Crippen molar-refractivity contribution in [2.24, 2.45) is 5.73 Å². The van der Waals surface area contributed by atoms with Crippen molar-refractivity contribution in [3.8, 4) is 0 Å². The number of nitrogens with zero attached hydrogens (tertiary/aromatic N) is 2. The minimum Gasteiger partial charge on any atom is -0.374 e. The van der Waals surface area contributed by atoms with Gasteiger partial charge in [-0.3, -0.25) is 0 Å². The predicted molar refractivity (Wildman–Crippen MR) is 79.2 cm³/mol. The molecule has 1 saturated carbocycles. The van der Waals surface area contributed by atoms with Gasteiger partial charge in [0.05, 0.1) is 18.8 Å². The van der Waals surface area contributed by atoms with Crippen LogP contribution in [0.2, 0.25) is 0 Å². The zero-order valence-electron chi connectivity index (χ0n) is 11.0. The monoisotopic (exact) mass is 325 g/mol. The van der Waals surface area contributed by atoms with Gasteiger partial charge >= 0.3 is 0 Å². The number of pyridine rings is 1. The molecule has 0 amide bonds. The Kier molecular flexibility index (Phi) is 4.05. The van der Waals surface area contributed by atoms with Crippen LogP contribution in [0.3, 0.4) is 0 Å². The fourth-order valence-corrected chi connectivity index (χ4v) is 3.62. The third kappa shape index (κ3) is 2.64. The molecule has 0 radical (unpaired) electrons. The van der Waals surface area contributed by atoms with Crippen molar-refractivity contribution in [1.29, 1.82) is 0 Å². The van der Waals surface area contributed by atoms with Crippen molar-refractivity contribution < 1.29 is 4.74 Å². The third-order valence-electron chi connectivity index (χ3n) is 4.13. The molecule has 104 valence electrons. The van der Waals surface area contributed by atoms with E-state index < -0.39 is 0 Å². The lowest BCUT2D eigenvalue weighted by Crippen LogP contribution is -2.53. The molecule has 1 saturated heterocycles. The van der Waals surface area contributed by atoms with Crippen LogP contribution in [0.25, 0.3) is 0 Å². The van der Waals surface area contributed by atoms with Crippen LogP contribution in [-0.4, -0.2) is 30.3 Å². The van der Waals surface area contributed by atoms with Crippen LogP contribution < -0.4 is 10.6 Å². The molecular weight excluding hydrogens is 306 g/mol. The molecule has 2 fully saturated rings. The molecule has 2 heterocycles. The molecule has 19 heavy (non-hydrogen) atoms. The lowest BCUT2D eigenvalue weighted by Gasteiger charge is -2.45. The maximum absolute atomic E-state index is 5.92. The van der Waals surface area contributed by atoms with Crippen LogP contribution in [0.15, 0.2) is 16.7 Å². The Bertz CT molecular complexity index is 452. The first kappa shape index (κ1) is 13.3. The zero-order valence-corrected chi connectivity index (χ0v) is 12.6. The fourth-order valence-electron chi connectivity index (χ4n) is 3.24. The smallest absolute Gasteiger partial charge is 0.133 e. The molecular formula is C14H20BrN3O. The van der Waals surface area contributed by atoms with E-state index in [2.05, 4.69) is 31.9 Å². The van der Waals surface area contributed by atoms with Crippen molar-refractivity contribution in [3.63, 3.8) is 0 Å². The number of hydrogen-bond acceptors (Lipinski definition) is 4. The quantitative estimate of drug-likeness (QED) is 0.907. The van der Waals surface area contributed by atoms with Gasteiger partial charge in [-0.25, -0.2) is 4.98 Å². The average Bonchev–Trinajstić information content (AvgIpc) is 2.46. The number of ether oxygens (including phenoxy) is 1. The summed E-state index contributed by atoms with van der Waals surface area (Å²) in [5.74, 6) is 1.05. The SMILES string of the molecule is NCc1cc(Br)cnc1N1CCOC2CCCCC21. The highest BCUT2D eigenvalue weighted by Gasteiger charge is 2.35. The van der Waals surface area contributed by atoms with Crippen molar-refractivity contribution >= 4 is 21.7 Å². The zero-order chi connectivity index (χ0) is 13.2. The Morgan fingerprint density at radius 3 is 3.11 bits per heavy atom. The first-order valence-electron chi connectivity index (χ1n) is 7.02. The van der Waals surface area contributed by atoms with Crippen LogP contribution >= 0.6 is 15.9 Å². The molecule has 4 nitrogen and oxygen atoms in total. The van der Waals surface area contributed by atoms with Gasteiger partial charge in [-0.2, -0.15) is 0 Å². The van der Waals surface area contributed by atoms with E-state index in [0.717, 1.165) is 29.0 Å². The molecule has 0 bridgehead atoms. The van der Waals surface area contributed by atoms with Gasteiger partial charge in [-0.05, 0) is 34.8 Å². The standard InChI is InChI=1S/C14H20BrN3O/c15-11-7-10(8-16)14(17-9-11)18-5-6-19-13-4-2-1-3-12(13)18/h7,9,12-13H,1-6,8,16H2. The summed E-state index contributed by atoms with van der Waals surface area (Å²) in [6, 6.07) is 2.55. The number of halogens is 1. The number of hydrogen-bond donors (Lipinski definition) is 1. The number of nitrogens with two attached hydrogens (primary N) is 1. The van der Waals surface area contributed by atoms with Crippen molar-refractivity contribution in [3.05, 3.63) is 22.3 Å². The minimum absolute atomic E-state index is 0.374. The second kappa shape index (κ2) is 5.77. The maximum atomic E-state index is 5.92. The van der Waals surface area contributed by atoms with Crippen molar-refractivity contribution in [2.75, 3.05) is 18.1 Å². The van der Waals surface area contributed by atoms with Gasteiger partial charge in [0.2, 0.25) is 0 Å². The van der Waals surface area contributed by atoms with E-state index in [1.165, 1.54) is 25.7 Å². The number of rotatable bonds is 2. The molecule has 0 aromatic carbocycles. The number of fused-ring (bicyclic) bond motifs is 1. The van der Waals surface area contributed by atoms with Gasteiger partial charge in [0, 0.05) is 29.3 Å². The van der Waals surface area contributed by atoms with E-state index in [1.807, 2.05) is 6.20 Å². The summed E-state index contributed by atoms with van der Waals surface area (Å²) >= 11 is 3.47. The van der Waals surface area contributed by atoms with Crippen LogP contribution in [0.5, 0.6) is 0 Å². The van der Waals surface area contributed by atoms with Gasteiger partial charge in [0.1, 0.15) is 5.82 Å². The molecule has 1 aromatic rings. The topological polar surface area (TPSA) is 51.4 Å². The Labute approximate surface area is 122 Å². The molecule has 2 atom stereocenters. The van der Waals surface area contributed by atoms with Gasteiger partial charge in [-0.1, -0.05) is 12.8 Å². The van der Waals surface area contributed by atoms with Crippen molar-refractivity contribution in [2.45, 2.75) is 44.4 Å². The summed E-state index contributed by atoms with van der Waals surface area (Å²) in [7, 11) is 0. The van der Waals surface area contributed by atoms with E-state index in [4.69, 9.17) is 10.5 Å². The van der Waals surface area contributed by atoms with Gasteiger partial charge in [-0.15, -0.1) is 0 Å². The molecule has 2 N–H and O–H groups in total. The molecule has 2 aliphatic rings. The summed E-state index contributed by atoms with van der Waals surface area (Å²) in [4.78, 5) is 7.03. The van der Waals surface area contributed by atoms with Gasteiger partial charge in [0.25, 0.3) is 0 Å². The molecule has 3 rings (SSSR count). The van der Waals surface area contributed by atoms with E-state index >= 15 is 0 Å². The first-order chi connectivity index (χ1) is 9.29. The number of anilines is 1. The Morgan fingerprint density at radius 1 is 1.42 bits per heavy atom. The van der Waals surface area contributed by atoms with Crippen LogP contribution in [0.4, 0.5) is 5.82 Å². The van der Waals surface area contributed by atoms with E-state index in [1.54, 1.807) is 0 Å². The summed E-state index contributed by atoms with van der Waals surface area (Å²) < 4.78 is 6.91. The highest BCUT2D eigenvalue weighted by atomic mass is 79.9. The van der Waals surface area contributed by atoms with Gasteiger partial charge in [0.15, 0.2) is 0 Å². The first-order valence-corrected chi connectivity index (χ1v) is 7.81. The molecule has 0 spiro atoms. The maximum Gasteiger partial charge on any atom is 0.133 e. The van der Waals surface area contributed by atoms with Crippen LogP contribution in [-0.2, 0) is 11.3 Å². The molecule has 1 aliphatic carbocycles. The Morgan fingerprint density at radius 2 is 2.26 bits per heavy atom. The third-order valence-corrected chi connectivity index (χ3v) is 4.57. The summed E-state index contributed by atoms with van der Waals surface area (Å²) in [6.07, 6.45) is 7.19. The largest absolute Gasteiger partial charge is 0.374 e. The molecule has 5 heteroatoms. The van der Waals surface area contributed by atoms with E-state index in [-0.39, 0.29) is 0 Å². The minimum atomic E-state index is 0.374. The Hall–Kier alpha value is -0.650. The molecule has 1 aromatic heterocycles. The summed E-state index contributed by atoms with van der Waals surface area (Å²) in [5.41, 5.74) is 6.99. The Balaban J connectivity index is 1.91. The number of morpholine rings is 1. The van der Waals surface area contributed by atoms with E-state index in [9.17, 15) is 0 Å². The molecule has 1 aliphatic heterocycles. The number of aromatic nitrogens is 1. The summed E-state index contributed by atoms with van der Waals surface area (Å²) in [5, 5.41) is 0. The normalized spacial score (nSPS) is 27.2. The average molecular weight is 326 g/mol. The second-order valence-corrected chi connectivity index (χ2v) is 6.21. The lowest BCUT2D eigenvalue weighted by atomic mass is 9.90. The second-order valence-electron chi connectivity index (χ2n) is 5.29. The van der Waals surface area contributed by atoms with Crippen LogP contribution in [0.1, 0.15) is 31.2 Å². The van der Waals surface area contributed by atoms with Gasteiger partial charge < -0.3 is 15.4 Å².